The van der Waals surface area contributed by atoms with Crippen molar-refractivity contribution in [2.24, 2.45) is 0 Å². The minimum Gasteiger partial charge on any atom is -0.488 e. The van der Waals surface area contributed by atoms with Gasteiger partial charge in [0.05, 0.1) is 5.56 Å². The zero-order valence-electron chi connectivity index (χ0n) is 8.35. The number of hydrogen-bond donors (Lipinski definition) is 0. The van der Waals surface area contributed by atoms with Gasteiger partial charge >= 0.3 is 0 Å². The van der Waals surface area contributed by atoms with E-state index in [1.165, 1.54) is 0 Å². The molecule has 2 nitrogen and oxygen atoms in total. The summed E-state index contributed by atoms with van der Waals surface area (Å²) in [6.45, 7) is 0.492. The van der Waals surface area contributed by atoms with Crippen LogP contribution in [0.15, 0.2) is 39.5 Å². The molecular formula is C12H9BrO2S. The number of carbonyl (C=O) groups excluding carboxylic acids is 1. The molecule has 1 aromatic heterocycles. The van der Waals surface area contributed by atoms with Gasteiger partial charge in [-0.25, -0.2) is 0 Å². The summed E-state index contributed by atoms with van der Waals surface area (Å²) < 4.78 is 6.45. The van der Waals surface area contributed by atoms with Crippen molar-refractivity contribution >= 4 is 33.6 Å². The fourth-order valence-corrected chi connectivity index (χ4v) is 2.31. The second-order valence-corrected chi connectivity index (χ2v) is 4.92. The molecule has 4 heteroatoms. The Morgan fingerprint density at radius 2 is 2.25 bits per heavy atom. The maximum atomic E-state index is 10.8. The van der Waals surface area contributed by atoms with Crippen LogP contribution < -0.4 is 4.74 Å². The second kappa shape index (κ2) is 5.27. The maximum absolute atomic E-state index is 10.8. The summed E-state index contributed by atoms with van der Waals surface area (Å²) in [7, 11) is 0. The van der Waals surface area contributed by atoms with Gasteiger partial charge in [-0.3, -0.25) is 4.79 Å². The first kappa shape index (κ1) is 11.4. The van der Waals surface area contributed by atoms with Crippen molar-refractivity contribution in [1.82, 2.24) is 0 Å². The molecule has 0 aliphatic rings. The third-order valence-corrected chi connectivity index (χ3v) is 3.30. The smallest absolute Gasteiger partial charge is 0.153 e. The van der Waals surface area contributed by atoms with E-state index in [-0.39, 0.29) is 0 Å². The van der Waals surface area contributed by atoms with Crippen molar-refractivity contribution in [3.05, 3.63) is 50.6 Å². The molecule has 0 atom stereocenters. The van der Waals surface area contributed by atoms with Gasteiger partial charge in [0.1, 0.15) is 12.4 Å². The molecule has 1 heterocycles. The Morgan fingerprint density at radius 1 is 1.38 bits per heavy atom. The van der Waals surface area contributed by atoms with Crippen molar-refractivity contribution in [2.75, 3.05) is 0 Å². The standard InChI is InChI=1S/C12H9BrO2S/c13-11-1-2-12(10(5-11)6-14)15-7-9-3-4-16-8-9/h1-6,8H,7H2. The lowest BCUT2D eigenvalue weighted by Crippen LogP contribution is -1.97. The number of rotatable bonds is 4. The largest absolute Gasteiger partial charge is 0.488 e. The number of hydrogen-bond acceptors (Lipinski definition) is 3. The number of thiophene rings is 1. The van der Waals surface area contributed by atoms with Crippen LogP contribution >= 0.6 is 27.3 Å². The number of halogens is 1. The zero-order chi connectivity index (χ0) is 11.4. The number of ether oxygens (including phenoxy) is 1. The number of aldehydes is 1. The van der Waals surface area contributed by atoms with Crippen LogP contribution in [-0.2, 0) is 6.61 Å². The fraction of sp³-hybridized carbons (Fsp3) is 0.0833. The quantitative estimate of drug-likeness (QED) is 0.800. The minimum absolute atomic E-state index is 0.492. The Labute approximate surface area is 106 Å². The molecule has 0 saturated carbocycles. The molecule has 0 bridgehead atoms. The van der Waals surface area contributed by atoms with Gasteiger partial charge in [0.15, 0.2) is 6.29 Å². The molecule has 0 aliphatic carbocycles. The first-order chi connectivity index (χ1) is 7.79. The Bertz CT molecular complexity index is 480. The Hall–Kier alpha value is -1.13. The van der Waals surface area contributed by atoms with E-state index < -0.39 is 0 Å². The van der Waals surface area contributed by atoms with Crippen molar-refractivity contribution in [3.8, 4) is 5.75 Å². The molecule has 0 amide bonds. The van der Waals surface area contributed by atoms with Crippen LogP contribution in [0.25, 0.3) is 0 Å². The number of benzene rings is 1. The van der Waals surface area contributed by atoms with Gasteiger partial charge in [-0.05, 0) is 40.6 Å². The summed E-state index contributed by atoms with van der Waals surface area (Å²) in [5, 5.41) is 4.03. The summed E-state index contributed by atoms with van der Waals surface area (Å²) in [6.07, 6.45) is 0.799. The molecule has 1 aromatic carbocycles. The van der Waals surface area contributed by atoms with E-state index in [1.54, 1.807) is 23.5 Å². The van der Waals surface area contributed by atoms with E-state index in [0.717, 1.165) is 16.3 Å². The normalized spacial score (nSPS) is 10.1. The van der Waals surface area contributed by atoms with Crippen molar-refractivity contribution < 1.29 is 9.53 Å². The first-order valence-corrected chi connectivity index (χ1v) is 6.42. The van der Waals surface area contributed by atoms with E-state index in [1.807, 2.05) is 22.9 Å². The Kier molecular flexibility index (Phi) is 3.74. The summed E-state index contributed by atoms with van der Waals surface area (Å²) in [5.41, 5.74) is 1.68. The first-order valence-electron chi connectivity index (χ1n) is 4.68. The zero-order valence-corrected chi connectivity index (χ0v) is 10.8. The fourth-order valence-electron chi connectivity index (χ4n) is 1.28. The highest BCUT2D eigenvalue weighted by Gasteiger charge is 2.04. The van der Waals surface area contributed by atoms with Gasteiger partial charge in [-0.15, -0.1) is 0 Å². The molecule has 2 aromatic rings. The molecule has 0 N–H and O–H groups in total. The molecule has 0 unspecified atom stereocenters. The van der Waals surface area contributed by atoms with Gasteiger partial charge < -0.3 is 4.74 Å². The predicted octanol–water partition coefficient (Wildman–Crippen LogP) is 3.90. The SMILES string of the molecule is O=Cc1cc(Br)ccc1OCc1ccsc1. The van der Waals surface area contributed by atoms with Crippen LogP contribution in [-0.4, -0.2) is 6.29 Å². The average molecular weight is 297 g/mol. The molecule has 0 aliphatic heterocycles. The topological polar surface area (TPSA) is 26.3 Å². The molecule has 82 valence electrons. The van der Waals surface area contributed by atoms with Gasteiger partial charge in [0.2, 0.25) is 0 Å². The van der Waals surface area contributed by atoms with Gasteiger partial charge in [0.25, 0.3) is 0 Å². The summed E-state index contributed by atoms with van der Waals surface area (Å²) in [4.78, 5) is 10.8. The lowest BCUT2D eigenvalue weighted by molar-refractivity contribution is 0.111. The Morgan fingerprint density at radius 3 is 2.94 bits per heavy atom. The molecule has 16 heavy (non-hydrogen) atoms. The van der Waals surface area contributed by atoms with E-state index >= 15 is 0 Å². The van der Waals surface area contributed by atoms with Gasteiger partial charge in [-0.2, -0.15) is 11.3 Å². The molecule has 0 radical (unpaired) electrons. The lowest BCUT2D eigenvalue weighted by Gasteiger charge is -2.07. The minimum atomic E-state index is 0.492. The lowest BCUT2D eigenvalue weighted by atomic mass is 10.2. The summed E-state index contributed by atoms with van der Waals surface area (Å²) >= 11 is 4.94. The third kappa shape index (κ3) is 2.71. The molecule has 0 saturated heterocycles. The molecule has 0 spiro atoms. The molecular weight excluding hydrogens is 288 g/mol. The monoisotopic (exact) mass is 296 g/mol. The summed E-state index contributed by atoms with van der Waals surface area (Å²) in [6, 6.07) is 7.40. The van der Waals surface area contributed by atoms with Crippen molar-refractivity contribution in [1.29, 1.82) is 0 Å². The Balaban J connectivity index is 2.12. The highest BCUT2D eigenvalue weighted by molar-refractivity contribution is 9.10. The summed E-state index contributed by atoms with van der Waals surface area (Å²) in [5.74, 6) is 0.615. The van der Waals surface area contributed by atoms with E-state index in [2.05, 4.69) is 15.9 Å². The van der Waals surface area contributed by atoms with Crippen LogP contribution in [0.2, 0.25) is 0 Å². The van der Waals surface area contributed by atoms with Crippen LogP contribution in [0, 0.1) is 0 Å². The van der Waals surface area contributed by atoms with Crippen LogP contribution in [0.3, 0.4) is 0 Å². The maximum Gasteiger partial charge on any atom is 0.153 e. The van der Waals surface area contributed by atoms with E-state index in [9.17, 15) is 4.79 Å². The average Bonchev–Trinajstić information content (AvgIpc) is 2.80. The molecule has 0 fully saturated rings. The van der Waals surface area contributed by atoms with Crippen LogP contribution in [0.1, 0.15) is 15.9 Å². The van der Waals surface area contributed by atoms with E-state index in [0.29, 0.717) is 17.9 Å². The molecule has 2 rings (SSSR count). The van der Waals surface area contributed by atoms with Crippen molar-refractivity contribution in [3.63, 3.8) is 0 Å². The highest BCUT2D eigenvalue weighted by atomic mass is 79.9. The second-order valence-electron chi connectivity index (χ2n) is 3.22. The van der Waals surface area contributed by atoms with Crippen LogP contribution in [0.4, 0.5) is 0 Å². The third-order valence-electron chi connectivity index (χ3n) is 2.07. The van der Waals surface area contributed by atoms with Crippen molar-refractivity contribution in [2.45, 2.75) is 6.61 Å². The number of carbonyl (C=O) groups is 1. The highest BCUT2D eigenvalue weighted by Crippen LogP contribution is 2.22. The van der Waals surface area contributed by atoms with Gasteiger partial charge in [-0.1, -0.05) is 15.9 Å². The van der Waals surface area contributed by atoms with Crippen LogP contribution in [0.5, 0.6) is 5.75 Å². The predicted molar refractivity (Wildman–Crippen MR) is 68.2 cm³/mol. The van der Waals surface area contributed by atoms with Gasteiger partial charge in [0, 0.05) is 4.47 Å². The van der Waals surface area contributed by atoms with E-state index in [4.69, 9.17) is 4.74 Å².